The molecule has 1 amide bonds. The Labute approximate surface area is 165 Å². The molecule has 0 aliphatic heterocycles. The highest BCUT2D eigenvalue weighted by Gasteiger charge is 2.17. The normalized spacial score (nSPS) is 11.0. The average Bonchev–Trinajstić information content (AvgIpc) is 3.43. The molecule has 0 fully saturated rings. The number of amides is 1. The van der Waals surface area contributed by atoms with Crippen LogP contribution >= 0.6 is 11.3 Å². The van der Waals surface area contributed by atoms with E-state index in [2.05, 4.69) is 15.4 Å². The number of thiophene rings is 1. The Morgan fingerprint density at radius 1 is 1.18 bits per heavy atom. The van der Waals surface area contributed by atoms with Gasteiger partial charge < -0.3 is 14.5 Å². The van der Waals surface area contributed by atoms with Gasteiger partial charge in [0.1, 0.15) is 0 Å². The molecule has 142 valence electrons. The number of furan rings is 1. The number of aromatic nitrogens is 3. The molecule has 0 atom stereocenters. The van der Waals surface area contributed by atoms with Gasteiger partial charge in [0.25, 0.3) is 5.91 Å². The standard InChI is InChI=1S/C20H18N4O3S/c1-13(2)27-20-22-18(16-5-3-11-26-16)24(23-20)15-9-7-14(8-10-15)21-19(25)17-6-4-12-28-17/h3-13H,1-2H3,(H,21,25). The first-order chi connectivity index (χ1) is 13.6. The SMILES string of the molecule is CC(C)Oc1nc(-c2ccco2)n(-c2ccc(NC(=O)c3cccs3)cc2)n1. The molecule has 4 rings (SSSR count). The van der Waals surface area contributed by atoms with E-state index in [1.165, 1.54) is 11.3 Å². The van der Waals surface area contributed by atoms with Gasteiger partial charge in [0.2, 0.25) is 5.82 Å². The summed E-state index contributed by atoms with van der Waals surface area (Å²) in [5, 5.41) is 9.20. The van der Waals surface area contributed by atoms with E-state index >= 15 is 0 Å². The van der Waals surface area contributed by atoms with Crippen molar-refractivity contribution in [2.45, 2.75) is 20.0 Å². The number of anilines is 1. The third-order valence-corrected chi connectivity index (χ3v) is 4.65. The monoisotopic (exact) mass is 394 g/mol. The highest BCUT2D eigenvalue weighted by molar-refractivity contribution is 7.12. The molecule has 3 aromatic heterocycles. The smallest absolute Gasteiger partial charge is 0.336 e. The summed E-state index contributed by atoms with van der Waals surface area (Å²) in [6.07, 6.45) is 1.54. The lowest BCUT2D eigenvalue weighted by atomic mass is 10.2. The molecular formula is C20H18N4O3S. The minimum Gasteiger partial charge on any atom is -0.461 e. The van der Waals surface area contributed by atoms with E-state index in [1.54, 1.807) is 23.1 Å². The van der Waals surface area contributed by atoms with E-state index in [4.69, 9.17) is 9.15 Å². The number of carbonyl (C=O) groups excluding carboxylic acids is 1. The van der Waals surface area contributed by atoms with Crippen molar-refractivity contribution < 1.29 is 13.9 Å². The number of hydrogen-bond donors (Lipinski definition) is 1. The topological polar surface area (TPSA) is 82.2 Å². The van der Waals surface area contributed by atoms with Crippen LogP contribution in [0.1, 0.15) is 23.5 Å². The van der Waals surface area contributed by atoms with Crippen LogP contribution in [0.5, 0.6) is 6.01 Å². The van der Waals surface area contributed by atoms with Gasteiger partial charge in [-0.1, -0.05) is 6.07 Å². The van der Waals surface area contributed by atoms with Crippen molar-refractivity contribution in [3.05, 3.63) is 65.1 Å². The molecule has 0 bridgehead atoms. The lowest BCUT2D eigenvalue weighted by Crippen LogP contribution is -2.10. The minimum atomic E-state index is -0.132. The Kier molecular flexibility index (Phi) is 4.94. The molecule has 4 aromatic rings. The van der Waals surface area contributed by atoms with Gasteiger partial charge in [-0.05, 0) is 61.7 Å². The summed E-state index contributed by atoms with van der Waals surface area (Å²) in [4.78, 5) is 17.3. The van der Waals surface area contributed by atoms with Gasteiger partial charge in [-0.25, -0.2) is 4.68 Å². The van der Waals surface area contributed by atoms with E-state index < -0.39 is 0 Å². The second-order valence-electron chi connectivity index (χ2n) is 6.25. The lowest BCUT2D eigenvalue weighted by molar-refractivity contribution is 0.103. The lowest BCUT2D eigenvalue weighted by Gasteiger charge is -2.07. The molecule has 1 aromatic carbocycles. The maximum absolute atomic E-state index is 12.2. The Balaban J connectivity index is 1.61. The third kappa shape index (κ3) is 3.81. The van der Waals surface area contributed by atoms with E-state index in [-0.39, 0.29) is 18.0 Å². The van der Waals surface area contributed by atoms with E-state index in [0.29, 0.717) is 22.1 Å². The molecule has 0 spiro atoms. The number of hydrogen-bond acceptors (Lipinski definition) is 6. The van der Waals surface area contributed by atoms with Gasteiger partial charge in [0.05, 0.1) is 22.9 Å². The Hall–Kier alpha value is -3.39. The molecule has 0 aliphatic carbocycles. The second-order valence-corrected chi connectivity index (χ2v) is 7.20. The van der Waals surface area contributed by atoms with Crippen molar-refractivity contribution in [1.82, 2.24) is 14.8 Å². The molecule has 28 heavy (non-hydrogen) atoms. The number of carbonyl (C=O) groups is 1. The van der Waals surface area contributed by atoms with Crippen LogP contribution in [0.25, 0.3) is 17.3 Å². The number of nitrogens with zero attached hydrogens (tertiary/aromatic N) is 3. The number of nitrogens with one attached hydrogen (secondary N) is 1. The first kappa shape index (κ1) is 18.0. The van der Waals surface area contributed by atoms with Gasteiger partial charge in [-0.2, -0.15) is 4.98 Å². The van der Waals surface area contributed by atoms with Gasteiger partial charge in [0, 0.05) is 5.69 Å². The first-order valence-electron chi connectivity index (χ1n) is 8.73. The highest BCUT2D eigenvalue weighted by atomic mass is 32.1. The van der Waals surface area contributed by atoms with E-state index in [0.717, 1.165) is 5.69 Å². The van der Waals surface area contributed by atoms with Crippen LogP contribution < -0.4 is 10.1 Å². The predicted molar refractivity (Wildman–Crippen MR) is 107 cm³/mol. The minimum absolute atomic E-state index is 0.0462. The van der Waals surface area contributed by atoms with Crippen molar-refractivity contribution in [2.24, 2.45) is 0 Å². The van der Waals surface area contributed by atoms with Crippen LogP contribution in [-0.4, -0.2) is 26.8 Å². The van der Waals surface area contributed by atoms with Crippen LogP contribution in [0, 0.1) is 0 Å². The van der Waals surface area contributed by atoms with Gasteiger partial charge in [0.15, 0.2) is 5.76 Å². The van der Waals surface area contributed by atoms with Gasteiger partial charge in [-0.3, -0.25) is 4.79 Å². The zero-order valence-corrected chi connectivity index (χ0v) is 16.1. The summed E-state index contributed by atoms with van der Waals surface area (Å²) >= 11 is 1.40. The summed E-state index contributed by atoms with van der Waals surface area (Å²) in [5.74, 6) is 0.990. The zero-order valence-electron chi connectivity index (χ0n) is 15.3. The van der Waals surface area contributed by atoms with E-state index in [1.807, 2.05) is 55.6 Å². The average molecular weight is 394 g/mol. The summed E-state index contributed by atoms with van der Waals surface area (Å²) in [5.41, 5.74) is 1.46. The quantitative estimate of drug-likeness (QED) is 0.516. The maximum atomic E-state index is 12.2. The van der Waals surface area contributed by atoms with Crippen LogP contribution in [0.4, 0.5) is 5.69 Å². The summed E-state index contributed by atoms with van der Waals surface area (Å²) in [6, 6.07) is 14.9. The molecule has 0 saturated heterocycles. The van der Waals surface area contributed by atoms with Crippen molar-refractivity contribution in [3.8, 4) is 23.3 Å². The Morgan fingerprint density at radius 3 is 2.64 bits per heavy atom. The predicted octanol–water partition coefficient (Wildman–Crippen LogP) is 4.63. The molecule has 7 nitrogen and oxygen atoms in total. The molecule has 0 aliphatic rings. The maximum Gasteiger partial charge on any atom is 0.336 e. The third-order valence-electron chi connectivity index (χ3n) is 3.79. The fourth-order valence-corrected chi connectivity index (χ4v) is 3.20. The Bertz CT molecular complexity index is 1050. The van der Waals surface area contributed by atoms with E-state index in [9.17, 15) is 4.79 Å². The second kappa shape index (κ2) is 7.69. The molecule has 0 unspecified atom stereocenters. The molecule has 1 N–H and O–H groups in total. The molecular weight excluding hydrogens is 376 g/mol. The van der Waals surface area contributed by atoms with Crippen LogP contribution in [0.3, 0.4) is 0 Å². The number of rotatable bonds is 6. The largest absolute Gasteiger partial charge is 0.461 e. The van der Waals surface area contributed by atoms with Crippen molar-refractivity contribution in [2.75, 3.05) is 5.32 Å². The summed E-state index contributed by atoms with van der Waals surface area (Å²) < 4.78 is 12.8. The Morgan fingerprint density at radius 2 is 2.00 bits per heavy atom. The van der Waals surface area contributed by atoms with Crippen LogP contribution in [0.2, 0.25) is 0 Å². The summed E-state index contributed by atoms with van der Waals surface area (Å²) in [7, 11) is 0. The molecule has 0 saturated carbocycles. The number of ether oxygens (including phenoxy) is 1. The zero-order chi connectivity index (χ0) is 19.5. The highest BCUT2D eigenvalue weighted by Crippen LogP contribution is 2.25. The first-order valence-corrected chi connectivity index (χ1v) is 9.61. The van der Waals surface area contributed by atoms with Crippen molar-refractivity contribution in [3.63, 3.8) is 0 Å². The van der Waals surface area contributed by atoms with Crippen LogP contribution in [-0.2, 0) is 0 Å². The summed E-state index contributed by atoms with van der Waals surface area (Å²) in [6.45, 7) is 3.83. The fourth-order valence-electron chi connectivity index (χ4n) is 2.59. The van der Waals surface area contributed by atoms with Gasteiger partial charge >= 0.3 is 6.01 Å². The van der Waals surface area contributed by atoms with Gasteiger partial charge in [-0.15, -0.1) is 16.4 Å². The molecule has 8 heteroatoms. The van der Waals surface area contributed by atoms with Crippen LogP contribution in [0.15, 0.2) is 64.6 Å². The number of benzene rings is 1. The fraction of sp³-hybridized carbons (Fsp3) is 0.150. The molecule has 0 radical (unpaired) electrons. The molecule has 3 heterocycles. The van der Waals surface area contributed by atoms with Crippen molar-refractivity contribution in [1.29, 1.82) is 0 Å². The van der Waals surface area contributed by atoms with Crippen molar-refractivity contribution >= 4 is 22.9 Å².